The van der Waals surface area contributed by atoms with Crippen LogP contribution in [-0.2, 0) is 12.8 Å². The van der Waals surface area contributed by atoms with E-state index in [-0.39, 0.29) is 5.56 Å². The molecule has 1 aliphatic rings. The van der Waals surface area contributed by atoms with E-state index in [4.69, 9.17) is 4.74 Å². The number of H-pyrrole nitrogens is 1. The molecule has 6 heteroatoms. The van der Waals surface area contributed by atoms with E-state index >= 15 is 0 Å². The fourth-order valence-electron chi connectivity index (χ4n) is 2.40. The average molecular weight is 248 g/mol. The molecule has 0 aliphatic heterocycles. The largest absolute Gasteiger partial charge is 0.464 e. The van der Waals surface area contributed by atoms with Gasteiger partial charge in [0, 0.05) is 5.56 Å². The quantitative estimate of drug-likeness (QED) is 0.807. The number of nitrogens with zero attached hydrogens (tertiary/aromatic N) is 3. The van der Waals surface area contributed by atoms with Crippen molar-refractivity contribution in [2.75, 3.05) is 6.61 Å². The van der Waals surface area contributed by atoms with Crippen LogP contribution in [0, 0.1) is 0 Å². The molecule has 0 bridgehead atoms. The van der Waals surface area contributed by atoms with Crippen LogP contribution in [-0.4, -0.2) is 26.2 Å². The summed E-state index contributed by atoms with van der Waals surface area (Å²) in [5.41, 5.74) is 1.71. The maximum absolute atomic E-state index is 12.3. The van der Waals surface area contributed by atoms with Gasteiger partial charge in [0.25, 0.3) is 11.3 Å². The minimum Gasteiger partial charge on any atom is -0.464 e. The molecule has 0 atom stereocenters. The predicted molar refractivity (Wildman–Crippen MR) is 66.0 cm³/mol. The maximum atomic E-state index is 12.3. The fourth-order valence-corrected chi connectivity index (χ4v) is 2.40. The second-order valence-corrected chi connectivity index (χ2v) is 4.50. The van der Waals surface area contributed by atoms with Gasteiger partial charge in [-0.15, -0.1) is 0 Å². The highest BCUT2D eigenvalue weighted by Gasteiger charge is 2.17. The van der Waals surface area contributed by atoms with Crippen LogP contribution in [0.4, 0.5) is 0 Å². The lowest BCUT2D eigenvalue weighted by Gasteiger charge is -2.02. The molecule has 1 N–H and O–H groups in total. The Kier molecular flexibility index (Phi) is 2.77. The number of aryl methyl sites for hydroxylation is 1. The van der Waals surface area contributed by atoms with E-state index in [0.29, 0.717) is 18.4 Å². The molecular formula is C12H16N4O2. The summed E-state index contributed by atoms with van der Waals surface area (Å²) < 4.78 is 6.65. The Labute approximate surface area is 104 Å². The molecule has 0 saturated carbocycles. The Balaban J connectivity index is 2.18. The lowest BCUT2D eigenvalue weighted by atomic mass is 10.1. The van der Waals surface area contributed by atoms with E-state index in [2.05, 4.69) is 15.1 Å². The SMILES string of the molecule is CCOc1nc2nc3c(c(=O)n2[nH]1)CCCCC3. The van der Waals surface area contributed by atoms with Crippen molar-refractivity contribution in [2.45, 2.75) is 39.0 Å². The number of aromatic amines is 1. The molecule has 2 aromatic heterocycles. The van der Waals surface area contributed by atoms with Gasteiger partial charge in [-0.3, -0.25) is 4.79 Å². The van der Waals surface area contributed by atoms with Gasteiger partial charge in [-0.25, -0.2) is 10.1 Å². The number of aromatic nitrogens is 4. The van der Waals surface area contributed by atoms with Crippen molar-refractivity contribution in [3.8, 4) is 6.01 Å². The van der Waals surface area contributed by atoms with Gasteiger partial charge >= 0.3 is 6.01 Å². The monoisotopic (exact) mass is 248 g/mol. The third-order valence-corrected chi connectivity index (χ3v) is 3.27. The minimum atomic E-state index is -0.0321. The summed E-state index contributed by atoms with van der Waals surface area (Å²) in [6, 6.07) is 0.349. The van der Waals surface area contributed by atoms with Gasteiger partial charge in [-0.2, -0.15) is 9.50 Å². The van der Waals surface area contributed by atoms with Gasteiger partial charge in [-0.05, 0) is 32.6 Å². The number of hydrogen-bond acceptors (Lipinski definition) is 4. The maximum Gasteiger partial charge on any atom is 0.312 e. The van der Waals surface area contributed by atoms with Crippen LogP contribution in [0.3, 0.4) is 0 Å². The van der Waals surface area contributed by atoms with E-state index in [1.165, 1.54) is 4.52 Å². The first-order valence-corrected chi connectivity index (χ1v) is 6.43. The summed E-state index contributed by atoms with van der Waals surface area (Å²) in [7, 11) is 0. The van der Waals surface area contributed by atoms with Crippen molar-refractivity contribution < 1.29 is 4.74 Å². The van der Waals surface area contributed by atoms with E-state index in [9.17, 15) is 4.79 Å². The highest BCUT2D eigenvalue weighted by molar-refractivity contribution is 5.34. The zero-order valence-electron chi connectivity index (χ0n) is 10.4. The molecule has 96 valence electrons. The first-order valence-electron chi connectivity index (χ1n) is 6.43. The van der Waals surface area contributed by atoms with Gasteiger partial charge in [0.05, 0.1) is 12.3 Å². The zero-order chi connectivity index (χ0) is 12.5. The number of fused-ring (bicyclic) bond motifs is 2. The third kappa shape index (κ3) is 1.77. The second-order valence-electron chi connectivity index (χ2n) is 4.50. The molecule has 18 heavy (non-hydrogen) atoms. The van der Waals surface area contributed by atoms with Gasteiger partial charge in [-0.1, -0.05) is 6.42 Å². The molecule has 0 spiro atoms. The number of nitrogens with one attached hydrogen (secondary N) is 1. The molecule has 0 aromatic carbocycles. The summed E-state index contributed by atoms with van der Waals surface area (Å²) in [5, 5.41) is 2.84. The number of rotatable bonds is 2. The van der Waals surface area contributed by atoms with Crippen LogP contribution < -0.4 is 10.3 Å². The van der Waals surface area contributed by atoms with Gasteiger partial charge < -0.3 is 4.74 Å². The highest BCUT2D eigenvalue weighted by Crippen LogP contribution is 2.16. The molecule has 2 heterocycles. The predicted octanol–water partition coefficient (Wildman–Crippen LogP) is 1.09. The van der Waals surface area contributed by atoms with Crippen LogP contribution >= 0.6 is 0 Å². The Morgan fingerprint density at radius 3 is 2.94 bits per heavy atom. The molecular weight excluding hydrogens is 232 g/mol. The Morgan fingerprint density at radius 2 is 2.11 bits per heavy atom. The molecule has 0 saturated heterocycles. The van der Waals surface area contributed by atoms with Gasteiger partial charge in [0.15, 0.2) is 0 Å². The summed E-state index contributed by atoms with van der Waals surface area (Å²) in [4.78, 5) is 21.0. The van der Waals surface area contributed by atoms with Crippen LogP contribution in [0.1, 0.15) is 37.4 Å². The van der Waals surface area contributed by atoms with E-state index in [1.54, 1.807) is 0 Å². The lowest BCUT2D eigenvalue weighted by molar-refractivity contribution is 0.313. The van der Waals surface area contributed by atoms with E-state index in [0.717, 1.165) is 43.4 Å². The Morgan fingerprint density at radius 1 is 1.28 bits per heavy atom. The minimum absolute atomic E-state index is 0.0321. The normalized spacial score (nSPS) is 15.4. The van der Waals surface area contributed by atoms with Crippen LogP contribution in [0.5, 0.6) is 6.01 Å². The van der Waals surface area contributed by atoms with Crippen molar-refractivity contribution >= 4 is 5.78 Å². The van der Waals surface area contributed by atoms with Crippen molar-refractivity contribution in [1.82, 2.24) is 19.6 Å². The molecule has 0 radical (unpaired) electrons. The van der Waals surface area contributed by atoms with Crippen molar-refractivity contribution in [3.63, 3.8) is 0 Å². The van der Waals surface area contributed by atoms with Gasteiger partial charge in [0.2, 0.25) is 0 Å². The molecule has 0 unspecified atom stereocenters. The topological polar surface area (TPSA) is 72.3 Å². The summed E-state index contributed by atoms with van der Waals surface area (Å²) >= 11 is 0. The molecule has 1 aliphatic carbocycles. The second kappa shape index (κ2) is 4.44. The summed E-state index contributed by atoms with van der Waals surface area (Å²) in [6.45, 7) is 2.38. The first kappa shape index (κ1) is 11.3. The molecule has 2 aromatic rings. The van der Waals surface area contributed by atoms with Gasteiger partial charge in [0.1, 0.15) is 0 Å². The smallest absolute Gasteiger partial charge is 0.312 e. The first-order chi connectivity index (χ1) is 8.79. The van der Waals surface area contributed by atoms with E-state index in [1.807, 2.05) is 6.92 Å². The fraction of sp³-hybridized carbons (Fsp3) is 0.583. The van der Waals surface area contributed by atoms with Crippen LogP contribution in [0.25, 0.3) is 5.78 Å². The van der Waals surface area contributed by atoms with Crippen LogP contribution in [0.2, 0.25) is 0 Å². The molecule has 0 amide bonds. The standard InChI is InChI=1S/C12H16N4O2/c1-2-18-12-14-11-13-9-7-5-3-4-6-8(9)10(17)16(11)15-12/h2-7H2,1H3,(H,13,14,15). The van der Waals surface area contributed by atoms with Crippen molar-refractivity contribution in [2.24, 2.45) is 0 Å². The number of hydrogen-bond donors (Lipinski definition) is 1. The Bertz CT molecular complexity index is 629. The summed E-state index contributed by atoms with van der Waals surface area (Å²) in [6.07, 6.45) is 5.00. The highest BCUT2D eigenvalue weighted by atomic mass is 16.5. The summed E-state index contributed by atoms with van der Waals surface area (Å²) in [5.74, 6) is 0.407. The average Bonchev–Trinajstić information content (AvgIpc) is 2.60. The Hall–Kier alpha value is -1.85. The molecule has 0 fully saturated rings. The molecule has 3 rings (SSSR count). The van der Waals surface area contributed by atoms with Crippen molar-refractivity contribution in [1.29, 1.82) is 0 Å². The van der Waals surface area contributed by atoms with Crippen LogP contribution in [0.15, 0.2) is 4.79 Å². The number of ether oxygens (including phenoxy) is 1. The third-order valence-electron chi connectivity index (χ3n) is 3.27. The zero-order valence-corrected chi connectivity index (χ0v) is 10.4. The van der Waals surface area contributed by atoms with Crippen molar-refractivity contribution in [3.05, 3.63) is 21.6 Å². The molecule has 6 nitrogen and oxygen atoms in total. The van der Waals surface area contributed by atoms with E-state index < -0.39 is 0 Å². The lowest BCUT2D eigenvalue weighted by Crippen LogP contribution is -2.22.